The highest BCUT2D eigenvalue weighted by Gasteiger charge is 2.33. The topological polar surface area (TPSA) is 81.7 Å². The molecule has 1 heterocycles. The number of aliphatic carboxylic acids is 1. The van der Waals surface area contributed by atoms with E-state index in [4.69, 9.17) is 23.2 Å². The molecule has 0 aromatic heterocycles. The molecule has 0 spiro atoms. The molecule has 1 aliphatic rings. The van der Waals surface area contributed by atoms with Crippen molar-refractivity contribution >= 4 is 40.8 Å². The van der Waals surface area contributed by atoms with Crippen molar-refractivity contribution in [3.8, 4) is 0 Å². The maximum Gasteiger partial charge on any atom is 0.326 e. The molecule has 1 aliphatic heterocycles. The number of benzene rings is 2. The summed E-state index contributed by atoms with van der Waals surface area (Å²) in [4.78, 5) is 26.2. The number of fused-ring (bicyclic) bond motifs is 1. The van der Waals surface area contributed by atoms with Crippen LogP contribution in [-0.4, -0.2) is 42.0 Å². The fourth-order valence-electron chi connectivity index (χ4n) is 3.51. The number of nitrogens with one attached hydrogen (secondary N) is 2. The Morgan fingerprint density at radius 3 is 2.45 bits per heavy atom. The fourth-order valence-corrected chi connectivity index (χ4v) is 4.14. The Kier molecular flexibility index (Phi) is 6.67. The monoisotopic (exact) mass is 435 g/mol. The van der Waals surface area contributed by atoms with Crippen molar-refractivity contribution in [1.82, 2.24) is 10.2 Å². The van der Waals surface area contributed by atoms with Crippen LogP contribution < -0.4 is 10.6 Å². The molecule has 0 fully saturated rings. The molecule has 2 unspecified atom stereocenters. The first-order valence-corrected chi connectivity index (χ1v) is 9.98. The summed E-state index contributed by atoms with van der Waals surface area (Å²) in [5.41, 5.74) is 3.23. The van der Waals surface area contributed by atoms with Gasteiger partial charge in [-0.2, -0.15) is 0 Å². The molecule has 6 nitrogen and oxygen atoms in total. The maximum atomic E-state index is 12.7. The fraction of sp³-hybridized carbons (Fsp3) is 0.333. The average molecular weight is 436 g/mol. The smallest absolute Gasteiger partial charge is 0.326 e. The molecule has 0 saturated carbocycles. The highest BCUT2D eigenvalue weighted by Crippen LogP contribution is 2.39. The van der Waals surface area contributed by atoms with Gasteiger partial charge in [0.2, 0.25) is 5.91 Å². The van der Waals surface area contributed by atoms with Crippen LogP contribution in [0.4, 0.5) is 5.69 Å². The van der Waals surface area contributed by atoms with Gasteiger partial charge in [0.15, 0.2) is 0 Å². The van der Waals surface area contributed by atoms with E-state index in [1.165, 1.54) is 5.56 Å². The summed E-state index contributed by atoms with van der Waals surface area (Å²) in [6, 6.07) is 9.73. The van der Waals surface area contributed by atoms with E-state index in [0.717, 1.165) is 12.1 Å². The van der Waals surface area contributed by atoms with Crippen molar-refractivity contribution < 1.29 is 14.7 Å². The van der Waals surface area contributed by atoms with Crippen molar-refractivity contribution in [3.63, 3.8) is 0 Å². The summed E-state index contributed by atoms with van der Waals surface area (Å²) in [7, 11) is 4.00. The molecule has 8 heteroatoms. The van der Waals surface area contributed by atoms with E-state index in [1.54, 1.807) is 12.1 Å². The Hall–Kier alpha value is -2.28. The molecule has 2 aromatic rings. The van der Waals surface area contributed by atoms with E-state index < -0.39 is 18.1 Å². The van der Waals surface area contributed by atoms with Gasteiger partial charge in [-0.25, -0.2) is 4.79 Å². The quantitative estimate of drug-likeness (QED) is 0.643. The number of rotatable bonds is 6. The van der Waals surface area contributed by atoms with E-state index in [2.05, 4.69) is 15.5 Å². The number of anilines is 1. The second-order valence-corrected chi connectivity index (χ2v) is 8.31. The molecule has 2 atom stereocenters. The van der Waals surface area contributed by atoms with Crippen LogP contribution in [0.5, 0.6) is 0 Å². The summed E-state index contributed by atoms with van der Waals surface area (Å²) in [6.07, 6.45) is 0.391. The van der Waals surface area contributed by atoms with Crippen molar-refractivity contribution in [2.24, 2.45) is 0 Å². The number of carbonyl (C=O) groups is 2. The Balaban J connectivity index is 1.75. The summed E-state index contributed by atoms with van der Waals surface area (Å²) in [6.45, 7) is 0.829. The standard InChI is InChI=1S/C21H23Cl2N3O3/c1-26(2)11-13-5-3-12(4-6-13)7-19(27)25-17-10-18(21(28)29)24-16-9-14(22)8-15(23)20(16)17/h3-6,8-9,17-18,24H,7,10-11H2,1-2H3,(H,25,27)(H,28,29). The molecule has 0 saturated heterocycles. The van der Waals surface area contributed by atoms with Gasteiger partial charge in [0.1, 0.15) is 6.04 Å². The molecule has 0 bridgehead atoms. The van der Waals surface area contributed by atoms with E-state index in [1.807, 2.05) is 38.4 Å². The molecule has 3 N–H and O–H groups in total. The molecule has 1 amide bonds. The van der Waals surface area contributed by atoms with Gasteiger partial charge in [0, 0.05) is 34.3 Å². The molecular weight excluding hydrogens is 413 g/mol. The molecule has 0 radical (unpaired) electrons. The minimum Gasteiger partial charge on any atom is -0.480 e. The van der Waals surface area contributed by atoms with Gasteiger partial charge < -0.3 is 20.6 Å². The highest BCUT2D eigenvalue weighted by molar-refractivity contribution is 6.35. The Morgan fingerprint density at radius 1 is 1.17 bits per heavy atom. The van der Waals surface area contributed by atoms with Crippen LogP contribution in [0.15, 0.2) is 36.4 Å². The number of carbonyl (C=O) groups excluding carboxylic acids is 1. The first-order chi connectivity index (χ1) is 13.7. The number of carboxylic acid groups (broad SMARTS) is 1. The summed E-state index contributed by atoms with van der Waals surface area (Å²) in [5.74, 6) is -1.19. The average Bonchev–Trinajstić information content (AvgIpc) is 2.61. The summed E-state index contributed by atoms with van der Waals surface area (Å²) < 4.78 is 0. The number of carboxylic acids is 1. The molecular formula is C21H23Cl2N3O3. The van der Waals surface area contributed by atoms with Gasteiger partial charge in [-0.3, -0.25) is 4.79 Å². The first kappa shape index (κ1) is 21.4. The van der Waals surface area contributed by atoms with Crippen molar-refractivity contribution in [3.05, 3.63) is 63.1 Å². The van der Waals surface area contributed by atoms with E-state index in [0.29, 0.717) is 21.3 Å². The Bertz CT molecular complexity index is 916. The number of hydrogen-bond donors (Lipinski definition) is 3. The molecule has 0 aliphatic carbocycles. The van der Waals surface area contributed by atoms with Crippen LogP contribution in [0, 0.1) is 0 Å². The maximum absolute atomic E-state index is 12.7. The minimum atomic E-state index is -0.998. The number of amides is 1. The van der Waals surface area contributed by atoms with Gasteiger partial charge >= 0.3 is 5.97 Å². The van der Waals surface area contributed by atoms with Crippen LogP contribution in [0.2, 0.25) is 10.0 Å². The zero-order chi connectivity index (χ0) is 21.1. The van der Waals surface area contributed by atoms with Crippen LogP contribution in [0.3, 0.4) is 0 Å². The molecule has 154 valence electrons. The second kappa shape index (κ2) is 9.03. The lowest BCUT2D eigenvalue weighted by Gasteiger charge is -2.32. The van der Waals surface area contributed by atoms with Gasteiger partial charge in [0.05, 0.1) is 12.5 Å². The lowest BCUT2D eigenvalue weighted by molar-refractivity contribution is -0.138. The lowest BCUT2D eigenvalue weighted by atomic mass is 9.92. The van der Waals surface area contributed by atoms with E-state index in [9.17, 15) is 14.7 Å². The predicted molar refractivity (Wildman–Crippen MR) is 115 cm³/mol. The summed E-state index contributed by atoms with van der Waals surface area (Å²) >= 11 is 12.4. The Labute approximate surface area is 179 Å². The van der Waals surface area contributed by atoms with Gasteiger partial charge in [0.25, 0.3) is 0 Å². The zero-order valence-electron chi connectivity index (χ0n) is 16.2. The number of hydrogen-bond acceptors (Lipinski definition) is 4. The third kappa shape index (κ3) is 5.41. The first-order valence-electron chi connectivity index (χ1n) is 9.23. The molecule has 29 heavy (non-hydrogen) atoms. The van der Waals surface area contributed by atoms with Gasteiger partial charge in [-0.15, -0.1) is 0 Å². The predicted octanol–water partition coefficient (Wildman–Crippen LogP) is 3.72. The zero-order valence-corrected chi connectivity index (χ0v) is 17.7. The second-order valence-electron chi connectivity index (χ2n) is 7.47. The largest absolute Gasteiger partial charge is 0.480 e. The molecule has 2 aromatic carbocycles. The SMILES string of the molecule is CN(C)Cc1ccc(CC(=O)NC2CC(C(=O)O)Nc3cc(Cl)cc(Cl)c32)cc1. The number of halogens is 2. The Morgan fingerprint density at radius 2 is 1.83 bits per heavy atom. The van der Waals surface area contributed by atoms with E-state index >= 15 is 0 Å². The van der Waals surface area contributed by atoms with Crippen molar-refractivity contribution in [1.29, 1.82) is 0 Å². The van der Waals surface area contributed by atoms with Crippen LogP contribution in [0.1, 0.15) is 29.2 Å². The van der Waals surface area contributed by atoms with Gasteiger partial charge in [-0.05, 0) is 37.4 Å². The normalized spacial score (nSPS) is 18.1. The lowest BCUT2D eigenvalue weighted by Crippen LogP contribution is -2.41. The minimum absolute atomic E-state index is 0.192. The number of nitrogens with zero attached hydrogens (tertiary/aromatic N) is 1. The highest BCUT2D eigenvalue weighted by atomic mass is 35.5. The van der Waals surface area contributed by atoms with Crippen molar-refractivity contribution in [2.45, 2.75) is 31.5 Å². The molecule has 3 rings (SSSR count). The van der Waals surface area contributed by atoms with Crippen molar-refractivity contribution in [2.75, 3.05) is 19.4 Å². The third-order valence-electron chi connectivity index (χ3n) is 4.76. The van der Waals surface area contributed by atoms with Crippen LogP contribution in [-0.2, 0) is 22.6 Å². The van der Waals surface area contributed by atoms with E-state index in [-0.39, 0.29) is 18.7 Å². The van der Waals surface area contributed by atoms with Crippen LogP contribution in [0.25, 0.3) is 0 Å². The van der Waals surface area contributed by atoms with Crippen LogP contribution >= 0.6 is 23.2 Å². The van der Waals surface area contributed by atoms with Gasteiger partial charge in [-0.1, -0.05) is 47.5 Å². The third-order valence-corrected chi connectivity index (χ3v) is 5.29. The summed E-state index contributed by atoms with van der Waals surface area (Å²) in [5, 5.41) is 16.1.